The molecule has 0 aliphatic heterocycles. The van der Waals surface area contributed by atoms with E-state index in [1.54, 1.807) is 12.1 Å². The number of pyridine rings is 1. The van der Waals surface area contributed by atoms with Crippen LogP contribution in [0, 0.1) is 0 Å². The fourth-order valence-electron chi connectivity index (χ4n) is 3.01. The second-order valence-electron chi connectivity index (χ2n) is 6.23. The maximum Gasteiger partial charge on any atom is 0.417 e. The van der Waals surface area contributed by atoms with E-state index in [4.69, 9.17) is 0 Å². The Kier molecular flexibility index (Phi) is 4.10. The van der Waals surface area contributed by atoms with Gasteiger partial charge in [0.25, 0.3) is 0 Å². The van der Waals surface area contributed by atoms with Crippen molar-refractivity contribution in [3.8, 4) is 11.4 Å². The normalized spacial score (nSPS) is 16.2. The van der Waals surface area contributed by atoms with E-state index in [9.17, 15) is 17.4 Å². The molecule has 2 heterocycles. The summed E-state index contributed by atoms with van der Waals surface area (Å²) < 4.78 is 53.4. The molecule has 26 heavy (non-hydrogen) atoms. The van der Waals surface area contributed by atoms with Crippen LogP contribution in [0.4, 0.5) is 13.2 Å². The molecule has 0 bridgehead atoms. The van der Waals surface area contributed by atoms with Gasteiger partial charge in [-0.15, -0.1) is 0 Å². The second-order valence-corrected chi connectivity index (χ2v) is 7.94. The Labute approximate surface area is 150 Å². The van der Waals surface area contributed by atoms with Gasteiger partial charge in [0, 0.05) is 28.5 Å². The van der Waals surface area contributed by atoms with E-state index in [1.807, 2.05) is 23.6 Å². The van der Waals surface area contributed by atoms with Crippen LogP contribution in [0.3, 0.4) is 0 Å². The lowest BCUT2D eigenvalue weighted by Gasteiger charge is -2.11. The lowest BCUT2D eigenvalue weighted by Crippen LogP contribution is -2.06. The Morgan fingerprint density at radius 3 is 2.65 bits per heavy atom. The molecule has 8 heteroatoms. The molecule has 1 fully saturated rings. The van der Waals surface area contributed by atoms with E-state index in [0.29, 0.717) is 27.7 Å². The van der Waals surface area contributed by atoms with Gasteiger partial charge >= 0.3 is 6.18 Å². The molecule has 4 nitrogen and oxygen atoms in total. The predicted octanol–water partition coefficient (Wildman–Crippen LogP) is 4.58. The van der Waals surface area contributed by atoms with E-state index in [1.165, 1.54) is 0 Å². The summed E-state index contributed by atoms with van der Waals surface area (Å²) in [4.78, 5) is 9.16. The van der Waals surface area contributed by atoms with E-state index in [-0.39, 0.29) is 11.6 Å². The van der Waals surface area contributed by atoms with Crippen LogP contribution in [0.15, 0.2) is 41.4 Å². The van der Waals surface area contributed by atoms with Crippen molar-refractivity contribution in [2.45, 2.75) is 36.9 Å². The molecule has 2 aromatic heterocycles. The summed E-state index contributed by atoms with van der Waals surface area (Å²) >= 11 is 0. The van der Waals surface area contributed by atoms with Crippen LogP contribution in [0.25, 0.3) is 22.6 Å². The number of alkyl halides is 3. The molecule has 0 N–H and O–H groups in total. The Balaban J connectivity index is 1.96. The highest BCUT2D eigenvalue weighted by atomic mass is 32.2. The third-order valence-corrected chi connectivity index (χ3v) is 5.78. The van der Waals surface area contributed by atoms with Crippen LogP contribution in [-0.4, -0.2) is 24.5 Å². The zero-order chi connectivity index (χ0) is 18.5. The summed E-state index contributed by atoms with van der Waals surface area (Å²) in [5, 5.41) is 0. The molecule has 4 rings (SSSR count). The number of hydrogen-bond acceptors (Lipinski definition) is 3. The number of benzene rings is 1. The highest BCUT2D eigenvalue weighted by Gasteiger charge is 2.34. The number of rotatable bonds is 4. The SMILES string of the molecule is CCS(=O)c1ccccc1-c1nc2cc(C(F)(F)F)cnc2n1C1CC1. The first-order valence-corrected chi connectivity index (χ1v) is 9.65. The minimum absolute atomic E-state index is 0.169. The third kappa shape index (κ3) is 2.92. The Bertz CT molecular complexity index is 1010. The van der Waals surface area contributed by atoms with Gasteiger partial charge in [0.1, 0.15) is 11.3 Å². The van der Waals surface area contributed by atoms with Gasteiger partial charge in [-0.3, -0.25) is 4.21 Å². The smallest absolute Gasteiger partial charge is 0.306 e. The van der Waals surface area contributed by atoms with Gasteiger partial charge in [0.05, 0.1) is 16.4 Å². The fourth-order valence-corrected chi connectivity index (χ4v) is 3.96. The number of hydrogen-bond donors (Lipinski definition) is 0. The monoisotopic (exact) mass is 379 g/mol. The van der Waals surface area contributed by atoms with Gasteiger partial charge in [0.2, 0.25) is 0 Å². The highest BCUT2D eigenvalue weighted by molar-refractivity contribution is 7.85. The largest absolute Gasteiger partial charge is 0.417 e. The first kappa shape index (κ1) is 17.2. The van der Waals surface area contributed by atoms with Crippen molar-refractivity contribution in [1.29, 1.82) is 0 Å². The number of halogens is 3. The minimum Gasteiger partial charge on any atom is -0.306 e. The molecule has 136 valence electrons. The van der Waals surface area contributed by atoms with E-state index < -0.39 is 22.5 Å². The van der Waals surface area contributed by atoms with Gasteiger partial charge in [-0.25, -0.2) is 9.97 Å². The van der Waals surface area contributed by atoms with E-state index >= 15 is 0 Å². The van der Waals surface area contributed by atoms with Crippen molar-refractivity contribution in [2.75, 3.05) is 5.75 Å². The Morgan fingerprint density at radius 2 is 2.00 bits per heavy atom. The average Bonchev–Trinajstić information content (AvgIpc) is 3.39. The van der Waals surface area contributed by atoms with E-state index in [2.05, 4.69) is 9.97 Å². The second kappa shape index (κ2) is 6.19. The molecule has 0 spiro atoms. The van der Waals surface area contributed by atoms with Gasteiger partial charge in [-0.2, -0.15) is 13.2 Å². The van der Waals surface area contributed by atoms with Crippen LogP contribution in [0.1, 0.15) is 31.4 Å². The summed E-state index contributed by atoms with van der Waals surface area (Å²) in [6.45, 7) is 1.83. The molecule has 1 aromatic carbocycles. The van der Waals surface area contributed by atoms with Crippen LogP contribution in [0.2, 0.25) is 0 Å². The zero-order valence-corrected chi connectivity index (χ0v) is 14.8. The number of aromatic nitrogens is 3. The molecule has 0 radical (unpaired) electrons. The molecule has 0 amide bonds. The Hall–Kier alpha value is -2.22. The van der Waals surface area contributed by atoms with Crippen molar-refractivity contribution in [1.82, 2.24) is 14.5 Å². The molecule has 1 unspecified atom stereocenters. The maximum absolute atomic E-state index is 13.0. The van der Waals surface area contributed by atoms with Crippen molar-refractivity contribution in [3.05, 3.63) is 42.1 Å². The first-order chi connectivity index (χ1) is 12.4. The number of fused-ring (bicyclic) bond motifs is 1. The van der Waals surface area contributed by atoms with Crippen molar-refractivity contribution < 1.29 is 17.4 Å². The molecule has 1 aliphatic rings. The van der Waals surface area contributed by atoms with Crippen molar-refractivity contribution >= 4 is 22.0 Å². The lowest BCUT2D eigenvalue weighted by atomic mass is 10.2. The minimum atomic E-state index is -4.47. The maximum atomic E-state index is 13.0. The van der Waals surface area contributed by atoms with Gasteiger partial charge in [-0.05, 0) is 25.0 Å². The standard InChI is InChI=1S/C18H16F3N3OS/c1-2-26(25)15-6-4-3-5-13(15)16-23-14-9-11(18(19,20)21)10-22-17(14)24(16)12-7-8-12/h3-6,9-10,12H,2,7-8H2,1H3. The quantitative estimate of drug-likeness (QED) is 0.667. The van der Waals surface area contributed by atoms with Crippen LogP contribution < -0.4 is 0 Å². The summed E-state index contributed by atoms with van der Waals surface area (Å²) in [5.41, 5.74) is 0.514. The van der Waals surface area contributed by atoms with Gasteiger partial charge < -0.3 is 4.57 Å². The lowest BCUT2D eigenvalue weighted by molar-refractivity contribution is -0.137. The highest BCUT2D eigenvalue weighted by Crippen LogP contribution is 2.42. The third-order valence-electron chi connectivity index (χ3n) is 4.40. The molecular weight excluding hydrogens is 363 g/mol. The fraction of sp³-hybridized carbons (Fsp3) is 0.333. The summed E-state index contributed by atoms with van der Waals surface area (Å²) in [7, 11) is -1.20. The van der Waals surface area contributed by atoms with Crippen LogP contribution in [-0.2, 0) is 17.0 Å². The van der Waals surface area contributed by atoms with Crippen LogP contribution >= 0.6 is 0 Å². The summed E-state index contributed by atoms with van der Waals surface area (Å²) in [5.74, 6) is 0.990. The van der Waals surface area contributed by atoms with Gasteiger partial charge in [0.15, 0.2) is 5.65 Å². The van der Waals surface area contributed by atoms with E-state index in [0.717, 1.165) is 25.1 Å². The van der Waals surface area contributed by atoms with Crippen molar-refractivity contribution in [2.24, 2.45) is 0 Å². The summed E-state index contributed by atoms with van der Waals surface area (Å²) in [6, 6.07) is 8.41. The Morgan fingerprint density at radius 1 is 1.27 bits per heavy atom. The molecule has 0 saturated heterocycles. The molecule has 1 aliphatic carbocycles. The average molecular weight is 379 g/mol. The van der Waals surface area contributed by atoms with Crippen LogP contribution in [0.5, 0.6) is 0 Å². The van der Waals surface area contributed by atoms with Gasteiger partial charge in [-0.1, -0.05) is 25.1 Å². The molecule has 1 atom stereocenters. The molecule has 1 saturated carbocycles. The topological polar surface area (TPSA) is 47.8 Å². The predicted molar refractivity (Wildman–Crippen MR) is 93.2 cm³/mol. The number of imidazole rings is 1. The molecular formula is C18H16F3N3OS. The van der Waals surface area contributed by atoms with Crippen molar-refractivity contribution in [3.63, 3.8) is 0 Å². The number of nitrogens with zero attached hydrogens (tertiary/aromatic N) is 3. The summed E-state index contributed by atoms with van der Waals surface area (Å²) in [6.07, 6.45) is -1.75. The molecule has 3 aromatic rings. The zero-order valence-electron chi connectivity index (χ0n) is 14.0. The first-order valence-electron chi connectivity index (χ1n) is 8.33.